The second-order valence-corrected chi connectivity index (χ2v) is 4.45. The number of amides is 1. The van der Waals surface area contributed by atoms with E-state index >= 15 is 0 Å². The van der Waals surface area contributed by atoms with Crippen molar-refractivity contribution in [1.82, 2.24) is 14.9 Å². The van der Waals surface area contributed by atoms with Gasteiger partial charge in [-0.05, 0) is 25.5 Å². The summed E-state index contributed by atoms with van der Waals surface area (Å²) in [6.07, 6.45) is 2.31. The van der Waals surface area contributed by atoms with E-state index in [0.29, 0.717) is 6.54 Å². The Balaban J connectivity index is 1.82. The van der Waals surface area contributed by atoms with Gasteiger partial charge in [-0.15, -0.1) is 0 Å². The number of rotatable bonds is 6. The number of hydrogen-bond donors (Lipinski definition) is 1. The highest BCUT2D eigenvalue weighted by Gasteiger charge is 2.09. The first-order valence-corrected chi connectivity index (χ1v) is 6.42. The number of para-hydroxylation sites is 2. The molecule has 2 aromatic rings. The van der Waals surface area contributed by atoms with Crippen LogP contribution in [0.5, 0.6) is 0 Å². The topological polar surface area (TPSA) is 56.1 Å². The molecule has 5 heteroatoms. The predicted octanol–water partition coefficient (Wildman–Crippen LogP) is 1.58. The van der Waals surface area contributed by atoms with Gasteiger partial charge < -0.3 is 14.6 Å². The number of carbonyl (C=O) groups is 1. The van der Waals surface area contributed by atoms with Crippen molar-refractivity contribution in [2.24, 2.45) is 0 Å². The maximum absolute atomic E-state index is 11.5. The SMILES string of the molecule is COC(C)C(=O)NCCCn1cnc2ccccc21. The van der Waals surface area contributed by atoms with Crippen molar-refractivity contribution in [3.05, 3.63) is 30.6 Å². The Morgan fingerprint density at radius 3 is 3.05 bits per heavy atom. The standard InChI is InChI=1S/C14H19N3O2/c1-11(19-2)14(18)15-8-5-9-17-10-16-12-6-3-4-7-13(12)17/h3-4,6-7,10-11H,5,8-9H2,1-2H3,(H,15,18). The van der Waals surface area contributed by atoms with Crippen LogP contribution in [0, 0.1) is 0 Å². The molecule has 1 heterocycles. The molecule has 1 atom stereocenters. The highest BCUT2D eigenvalue weighted by Crippen LogP contribution is 2.11. The zero-order valence-electron chi connectivity index (χ0n) is 11.3. The van der Waals surface area contributed by atoms with Gasteiger partial charge in [0.25, 0.3) is 0 Å². The van der Waals surface area contributed by atoms with E-state index in [-0.39, 0.29) is 5.91 Å². The molecular formula is C14H19N3O2. The van der Waals surface area contributed by atoms with Crippen molar-refractivity contribution in [1.29, 1.82) is 0 Å². The molecule has 1 aromatic carbocycles. The Labute approximate surface area is 112 Å². The summed E-state index contributed by atoms with van der Waals surface area (Å²) in [6, 6.07) is 8.02. The molecule has 0 radical (unpaired) electrons. The van der Waals surface area contributed by atoms with Crippen LogP contribution in [0.3, 0.4) is 0 Å². The second kappa shape index (κ2) is 6.33. The molecule has 19 heavy (non-hydrogen) atoms. The van der Waals surface area contributed by atoms with Gasteiger partial charge in [-0.25, -0.2) is 4.98 Å². The molecule has 1 N–H and O–H groups in total. The fourth-order valence-electron chi connectivity index (χ4n) is 1.90. The molecule has 5 nitrogen and oxygen atoms in total. The second-order valence-electron chi connectivity index (χ2n) is 4.45. The molecule has 0 aliphatic heterocycles. The van der Waals surface area contributed by atoms with Gasteiger partial charge in [0.15, 0.2) is 0 Å². The lowest BCUT2D eigenvalue weighted by Crippen LogP contribution is -2.34. The van der Waals surface area contributed by atoms with Crippen molar-refractivity contribution >= 4 is 16.9 Å². The van der Waals surface area contributed by atoms with Gasteiger partial charge in [0.05, 0.1) is 17.4 Å². The average molecular weight is 261 g/mol. The van der Waals surface area contributed by atoms with Crippen molar-refractivity contribution in [3.63, 3.8) is 0 Å². The lowest BCUT2D eigenvalue weighted by molar-refractivity contribution is -0.130. The number of methoxy groups -OCH3 is 1. The maximum atomic E-state index is 11.5. The van der Waals surface area contributed by atoms with E-state index in [4.69, 9.17) is 4.74 Å². The summed E-state index contributed by atoms with van der Waals surface area (Å²) in [5.41, 5.74) is 2.12. The summed E-state index contributed by atoms with van der Waals surface area (Å²) in [5.74, 6) is -0.0713. The number of hydrogen-bond acceptors (Lipinski definition) is 3. The third-order valence-electron chi connectivity index (χ3n) is 3.13. The maximum Gasteiger partial charge on any atom is 0.248 e. The summed E-state index contributed by atoms with van der Waals surface area (Å²) in [6.45, 7) is 3.21. The van der Waals surface area contributed by atoms with Crippen LogP contribution in [0.1, 0.15) is 13.3 Å². The van der Waals surface area contributed by atoms with Crippen LogP contribution in [0.15, 0.2) is 30.6 Å². The zero-order chi connectivity index (χ0) is 13.7. The Kier molecular flexibility index (Phi) is 4.52. The summed E-state index contributed by atoms with van der Waals surface area (Å²) in [5, 5.41) is 2.85. The monoisotopic (exact) mass is 261 g/mol. The number of carbonyl (C=O) groups excluding carboxylic acids is 1. The number of fused-ring (bicyclic) bond motifs is 1. The van der Waals surface area contributed by atoms with E-state index in [1.807, 2.05) is 30.6 Å². The van der Waals surface area contributed by atoms with Crippen molar-refractivity contribution in [3.8, 4) is 0 Å². The lowest BCUT2D eigenvalue weighted by Gasteiger charge is -2.10. The first-order chi connectivity index (χ1) is 9.22. The largest absolute Gasteiger partial charge is 0.372 e. The normalized spacial score (nSPS) is 12.5. The zero-order valence-corrected chi connectivity index (χ0v) is 11.3. The van der Waals surface area contributed by atoms with E-state index < -0.39 is 6.10 Å². The molecule has 1 aromatic heterocycles. The fourth-order valence-corrected chi connectivity index (χ4v) is 1.90. The van der Waals surface area contributed by atoms with Gasteiger partial charge in [0.1, 0.15) is 6.10 Å². The Morgan fingerprint density at radius 1 is 1.47 bits per heavy atom. The minimum Gasteiger partial charge on any atom is -0.372 e. The van der Waals surface area contributed by atoms with E-state index in [1.54, 1.807) is 6.92 Å². The molecule has 1 amide bonds. The molecule has 0 aliphatic rings. The number of ether oxygens (including phenoxy) is 1. The number of nitrogens with one attached hydrogen (secondary N) is 1. The summed E-state index contributed by atoms with van der Waals surface area (Å²) >= 11 is 0. The Morgan fingerprint density at radius 2 is 2.26 bits per heavy atom. The van der Waals surface area contributed by atoms with Gasteiger partial charge in [-0.2, -0.15) is 0 Å². The van der Waals surface area contributed by atoms with Crippen LogP contribution in [0.2, 0.25) is 0 Å². The average Bonchev–Trinajstić information content (AvgIpc) is 2.86. The van der Waals surface area contributed by atoms with E-state index in [1.165, 1.54) is 7.11 Å². The molecule has 0 saturated heterocycles. The Hall–Kier alpha value is -1.88. The smallest absolute Gasteiger partial charge is 0.248 e. The van der Waals surface area contributed by atoms with Gasteiger partial charge in [-0.1, -0.05) is 12.1 Å². The fraction of sp³-hybridized carbons (Fsp3) is 0.429. The molecule has 0 bridgehead atoms. The number of imidazole rings is 1. The summed E-state index contributed by atoms with van der Waals surface area (Å²) in [7, 11) is 1.53. The number of benzene rings is 1. The Bertz CT molecular complexity index is 550. The van der Waals surface area contributed by atoms with Gasteiger partial charge >= 0.3 is 0 Å². The molecule has 2 rings (SSSR count). The van der Waals surface area contributed by atoms with Gasteiger partial charge in [-0.3, -0.25) is 4.79 Å². The van der Waals surface area contributed by atoms with Crippen LogP contribution in [-0.2, 0) is 16.1 Å². The third kappa shape index (κ3) is 3.32. The summed E-state index contributed by atoms with van der Waals surface area (Å²) in [4.78, 5) is 15.8. The molecule has 0 fully saturated rings. The first-order valence-electron chi connectivity index (χ1n) is 6.42. The third-order valence-corrected chi connectivity index (χ3v) is 3.13. The van der Waals surface area contributed by atoms with Crippen LogP contribution >= 0.6 is 0 Å². The van der Waals surface area contributed by atoms with Crippen molar-refractivity contribution < 1.29 is 9.53 Å². The van der Waals surface area contributed by atoms with Crippen LogP contribution in [0.4, 0.5) is 0 Å². The minimum atomic E-state index is -0.394. The van der Waals surface area contributed by atoms with E-state index in [2.05, 4.69) is 14.9 Å². The quantitative estimate of drug-likeness (QED) is 0.803. The van der Waals surface area contributed by atoms with E-state index in [0.717, 1.165) is 24.0 Å². The van der Waals surface area contributed by atoms with Crippen LogP contribution in [0.25, 0.3) is 11.0 Å². The highest BCUT2D eigenvalue weighted by atomic mass is 16.5. The summed E-state index contributed by atoms with van der Waals surface area (Å²) < 4.78 is 7.04. The predicted molar refractivity (Wildman–Crippen MR) is 73.8 cm³/mol. The molecule has 1 unspecified atom stereocenters. The van der Waals surface area contributed by atoms with Crippen molar-refractivity contribution in [2.75, 3.05) is 13.7 Å². The van der Waals surface area contributed by atoms with Crippen molar-refractivity contribution in [2.45, 2.75) is 26.0 Å². The van der Waals surface area contributed by atoms with Gasteiger partial charge in [0.2, 0.25) is 5.91 Å². The molecule has 0 aliphatic carbocycles. The lowest BCUT2D eigenvalue weighted by atomic mass is 10.3. The molecule has 0 spiro atoms. The number of aromatic nitrogens is 2. The number of nitrogens with zero attached hydrogens (tertiary/aromatic N) is 2. The molecule has 0 saturated carbocycles. The highest BCUT2D eigenvalue weighted by molar-refractivity contribution is 5.80. The van der Waals surface area contributed by atoms with Crippen LogP contribution in [-0.4, -0.2) is 35.2 Å². The minimum absolute atomic E-state index is 0.0713. The number of aryl methyl sites for hydroxylation is 1. The first kappa shape index (κ1) is 13.5. The molecule has 102 valence electrons. The molecular weight excluding hydrogens is 242 g/mol. The van der Waals surface area contributed by atoms with E-state index in [9.17, 15) is 4.79 Å². The van der Waals surface area contributed by atoms with Gasteiger partial charge in [0, 0.05) is 20.2 Å². The van der Waals surface area contributed by atoms with Crippen LogP contribution < -0.4 is 5.32 Å².